The van der Waals surface area contributed by atoms with E-state index in [0.29, 0.717) is 11.8 Å². The molecule has 1 aromatic carbocycles. The fraction of sp³-hybridized carbons (Fsp3) is 0.625. The van der Waals surface area contributed by atoms with Gasteiger partial charge >= 0.3 is 6.36 Å². The molecule has 21 heavy (non-hydrogen) atoms. The smallest absolute Gasteiger partial charge is 0.406 e. The Morgan fingerprint density at radius 1 is 1.14 bits per heavy atom. The van der Waals surface area contributed by atoms with E-state index >= 15 is 0 Å². The second-order valence-electron chi connectivity index (χ2n) is 6.11. The molecule has 2 nitrogen and oxygen atoms in total. The van der Waals surface area contributed by atoms with Crippen LogP contribution in [0.3, 0.4) is 0 Å². The number of halogens is 3. The molecule has 1 aromatic rings. The van der Waals surface area contributed by atoms with Crippen LogP contribution >= 0.6 is 0 Å². The lowest BCUT2D eigenvalue weighted by atomic mass is 9.81. The quantitative estimate of drug-likeness (QED) is 0.842. The molecular weight excluding hydrogens is 279 g/mol. The van der Waals surface area contributed by atoms with Crippen molar-refractivity contribution in [2.45, 2.75) is 50.8 Å². The molecule has 1 heterocycles. The molecule has 5 heteroatoms. The molecule has 0 saturated heterocycles. The molecule has 116 valence electrons. The molecular formula is C16H20F3NO. The van der Waals surface area contributed by atoms with Gasteiger partial charge in [0.2, 0.25) is 0 Å². The molecule has 1 atom stereocenters. The fourth-order valence-electron chi connectivity index (χ4n) is 3.62. The molecule has 0 amide bonds. The largest absolute Gasteiger partial charge is 0.573 e. The van der Waals surface area contributed by atoms with Gasteiger partial charge in [-0.05, 0) is 36.1 Å². The molecule has 0 radical (unpaired) electrons. The minimum atomic E-state index is -4.63. The van der Waals surface area contributed by atoms with E-state index < -0.39 is 6.36 Å². The van der Waals surface area contributed by atoms with E-state index in [0.717, 1.165) is 24.2 Å². The van der Waals surface area contributed by atoms with E-state index in [2.05, 4.69) is 10.1 Å². The third-order valence-electron chi connectivity index (χ3n) is 4.58. The van der Waals surface area contributed by atoms with Gasteiger partial charge in [-0.1, -0.05) is 32.1 Å². The van der Waals surface area contributed by atoms with Crippen molar-refractivity contribution < 1.29 is 17.9 Å². The van der Waals surface area contributed by atoms with Crippen molar-refractivity contribution in [2.24, 2.45) is 5.92 Å². The summed E-state index contributed by atoms with van der Waals surface area (Å²) >= 11 is 0. The lowest BCUT2D eigenvalue weighted by Gasteiger charge is -2.24. The summed E-state index contributed by atoms with van der Waals surface area (Å²) in [5.74, 6) is 0.905. The van der Waals surface area contributed by atoms with Crippen LogP contribution < -0.4 is 10.1 Å². The third kappa shape index (κ3) is 3.63. The van der Waals surface area contributed by atoms with Crippen molar-refractivity contribution in [2.75, 3.05) is 11.9 Å². The van der Waals surface area contributed by atoms with Crippen LogP contribution in [-0.2, 0) is 0 Å². The number of rotatable bonds is 3. The lowest BCUT2D eigenvalue weighted by molar-refractivity contribution is -0.274. The number of alkyl halides is 3. The number of benzene rings is 1. The monoisotopic (exact) mass is 299 g/mol. The van der Waals surface area contributed by atoms with Gasteiger partial charge in [0.25, 0.3) is 0 Å². The highest BCUT2D eigenvalue weighted by molar-refractivity contribution is 5.60. The van der Waals surface area contributed by atoms with Crippen LogP contribution in [0.1, 0.15) is 50.0 Å². The maximum atomic E-state index is 12.3. The molecule has 1 fully saturated rings. The SMILES string of the molecule is FC(F)(F)Oc1ccc2c(c1)C(CC1CCCCC1)CN2. The maximum Gasteiger partial charge on any atom is 0.573 e. The van der Waals surface area contributed by atoms with Gasteiger partial charge in [0.15, 0.2) is 0 Å². The molecule has 1 N–H and O–H groups in total. The highest BCUT2D eigenvalue weighted by Gasteiger charge is 2.32. The van der Waals surface area contributed by atoms with Crippen LogP contribution in [0.15, 0.2) is 18.2 Å². The second kappa shape index (κ2) is 5.78. The van der Waals surface area contributed by atoms with Crippen LogP contribution in [-0.4, -0.2) is 12.9 Å². The predicted molar refractivity (Wildman–Crippen MR) is 75.5 cm³/mol. The maximum absolute atomic E-state index is 12.3. The van der Waals surface area contributed by atoms with Gasteiger partial charge in [0, 0.05) is 18.2 Å². The van der Waals surface area contributed by atoms with Gasteiger partial charge in [-0.25, -0.2) is 0 Å². The van der Waals surface area contributed by atoms with Crippen LogP contribution in [0, 0.1) is 5.92 Å². The zero-order valence-corrected chi connectivity index (χ0v) is 11.9. The number of hydrogen-bond donors (Lipinski definition) is 1. The van der Waals surface area contributed by atoms with E-state index in [9.17, 15) is 13.2 Å². The van der Waals surface area contributed by atoms with Crippen molar-refractivity contribution in [3.63, 3.8) is 0 Å². The highest BCUT2D eigenvalue weighted by atomic mass is 19.4. The number of fused-ring (bicyclic) bond motifs is 1. The Morgan fingerprint density at radius 3 is 2.62 bits per heavy atom. The molecule has 0 spiro atoms. The Bertz CT molecular complexity index is 495. The van der Waals surface area contributed by atoms with Gasteiger partial charge < -0.3 is 10.1 Å². The first-order chi connectivity index (χ1) is 10.0. The van der Waals surface area contributed by atoms with Gasteiger partial charge in [-0.2, -0.15) is 0 Å². The van der Waals surface area contributed by atoms with Crippen LogP contribution in [0.2, 0.25) is 0 Å². The number of anilines is 1. The Morgan fingerprint density at radius 2 is 1.90 bits per heavy atom. The zero-order valence-electron chi connectivity index (χ0n) is 11.9. The standard InChI is InChI=1S/C16H20F3NO/c17-16(18,19)21-13-6-7-15-14(9-13)12(10-20-15)8-11-4-2-1-3-5-11/h6-7,9,11-12,20H,1-5,8,10H2. The average molecular weight is 299 g/mol. The van der Waals surface area contributed by atoms with Crippen molar-refractivity contribution in [3.8, 4) is 5.75 Å². The Kier molecular flexibility index (Phi) is 4.00. The van der Waals surface area contributed by atoms with Gasteiger partial charge in [0.05, 0.1) is 0 Å². The first kappa shape index (κ1) is 14.5. The van der Waals surface area contributed by atoms with E-state index in [-0.39, 0.29) is 5.75 Å². The number of nitrogens with one attached hydrogen (secondary N) is 1. The Hall–Kier alpha value is -1.39. The molecule has 2 aliphatic rings. The van der Waals surface area contributed by atoms with Gasteiger partial charge in [0.1, 0.15) is 5.75 Å². The van der Waals surface area contributed by atoms with E-state index in [1.54, 1.807) is 12.1 Å². The molecule has 0 aromatic heterocycles. The predicted octanol–water partition coefficient (Wildman–Crippen LogP) is 5.06. The van der Waals surface area contributed by atoms with Crippen LogP contribution in [0.5, 0.6) is 5.75 Å². The van der Waals surface area contributed by atoms with E-state index in [4.69, 9.17) is 0 Å². The van der Waals surface area contributed by atoms with E-state index in [1.807, 2.05) is 0 Å². The molecule has 1 aliphatic carbocycles. The summed E-state index contributed by atoms with van der Waals surface area (Å²) in [7, 11) is 0. The summed E-state index contributed by atoms with van der Waals surface area (Å²) in [6, 6.07) is 4.62. The summed E-state index contributed by atoms with van der Waals surface area (Å²) in [5.41, 5.74) is 1.92. The van der Waals surface area contributed by atoms with Crippen molar-refractivity contribution >= 4 is 5.69 Å². The summed E-state index contributed by atoms with van der Waals surface area (Å²) in [6.07, 6.45) is 2.84. The van der Waals surface area contributed by atoms with E-state index in [1.165, 1.54) is 38.2 Å². The average Bonchev–Trinajstić information content (AvgIpc) is 2.81. The lowest BCUT2D eigenvalue weighted by Crippen LogP contribution is -2.17. The topological polar surface area (TPSA) is 21.3 Å². The van der Waals surface area contributed by atoms with Crippen LogP contribution in [0.25, 0.3) is 0 Å². The summed E-state index contributed by atoms with van der Waals surface area (Å²) in [4.78, 5) is 0. The molecule has 3 rings (SSSR count). The first-order valence-electron chi connectivity index (χ1n) is 7.65. The fourth-order valence-corrected chi connectivity index (χ4v) is 3.62. The normalized spacial score (nSPS) is 22.7. The van der Waals surface area contributed by atoms with Crippen molar-refractivity contribution in [1.82, 2.24) is 0 Å². The Labute approximate surface area is 122 Å². The summed E-state index contributed by atoms with van der Waals surface area (Å²) in [5, 5.41) is 3.29. The molecule has 1 saturated carbocycles. The minimum Gasteiger partial charge on any atom is -0.406 e. The number of ether oxygens (including phenoxy) is 1. The zero-order chi connectivity index (χ0) is 14.9. The minimum absolute atomic E-state index is 0.112. The van der Waals surface area contributed by atoms with Gasteiger partial charge in [-0.3, -0.25) is 0 Å². The van der Waals surface area contributed by atoms with Crippen molar-refractivity contribution in [1.29, 1.82) is 0 Å². The molecule has 1 unspecified atom stereocenters. The second-order valence-corrected chi connectivity index (χ2v) is 6.11. The van der Waals surface area contributed by atoms with Gasteiger partial charge in [-0.15, -0.1) is 13.2 Å². The summed E-state index contributed by atoms with van der Waals surface area (Å²) in [6.45, 7) is 0.821. The Balaban J connectivity index is 1.72. The highest BCUT2D eigenvalue weighted by Crippen LogP contribution is 2.41. The third-order valence-corrected chi connectivity index (χ3v) is 4.58. The van der Waals surface area contributed by atoms with Crippen LogP contribution in [0.4, 0.5) is 18.9 Å². The molecule has 0 bridgehead atoms. The summed E-state index contributed by atoms with van der Waals surface area (Å²) < 4.78 is 41.0. The van der Waals surface area contributed by atoms with Crippen molar-refractivity contribution in [3.05, 3.63) is 23.8 Å². The molecule has 1 aliphatic heterocycles. The first-order valence-corrected chi connectivity index (χ1v) is 7.65. The number of hydrogen-bond acceptors (Lipinski definition) is 2.